The van der Waals surface area contributed by atoms with Crippen molar-refractivity contribution in [3.05, 3.63) is 93.6 Å². The quantitative estimate of drug-likeness (QED) is 0.526. The van der Waals surface area contributed by atoms with Crippen LogP contribution >= 0.6 is 11.6 Å². The van der Waals surface area contributed by atoms with E-state index in [-0.39, 0.29) is 10.7 Å². The molecule has 0 radical (unpaired) electrons. The summed E-state index contributed by atoms with van der Waals surface area (Å²) >= 11 is 5.80. The molecular formula is C22H15ClFN3O3. The molecule has 4 rings (SSSR count). The van der Waals surface area contributed by atoms with E-state index in [1.165, 1.54) is 19.2 Å². The van der Waals surface area contributed by atoms with Crippen molar-refractivity contribution >= 4 is 34.0 Å². The molecule has 1 N–H and O–H groups in total. The van der Waals surface area contributed by atoms with E-state index in [9.17, 15) is 14.0 Å². The maximum Gasteiger partial charge on any atom is 0.279 e. The summed E-state index contributed by atoms with van der Waals surface area (Å²) in [5.74, 6) is -0.737. The zero-order chi connectivity index (χ0) is 21.3. The molecule has 0 unspecified atom stereocenters. The van der Waals surface area contributed by atoms with Gasteiger partial charge in [-0.15, -0.1) is 0 Å². The molecule has 0 saturated heterocycles. The van der Waals surface area contributed by atoms with Gasteiger partial charge in [-0.05, 0) is 36.4 Å². The van der Waals surface area contributed by atoms with E-state index < -0.39 is 17.3 Å². The van der Waals surface area contributed by atoms with Gasteiger partial charge < -0.3 is 10.1 Å². The first-order valence-electron chi connectivity index (χ1n) is 8.91. The number of methoxy groups -OCH3 is 1. The van der Waals surface area contributed by atoms with Crippen LogP contribution in [-0.4, -0.2) is 22.8 Å². The van der Waals surface area contributed by atoms with Crippen molar-refractivity contribution in [2.75, 3.05) is 12.4 Å². The minimum absolute atomic E-state index is 0.0246. The Hall–Kier alpha value is -3.71. The minimum atomic E-state index is -0.594. The summed E-state index contributed by atoms with van der Waals surface area (Å²) in [7, 11) is 1.48. The summed E-state index contributed by atoms with van der Waals surface area (Å²) in [5.41, 5.74) is 0.329. The third kappa shape index (κ3) is 3.51. The van der Waals surface area contributed by atoms with Crippen LogP contribution in [0, 0.1) is 5.82 Å². The molecule has 0 fully saturated rings. The van der Waals surface area contributed by atoms with E-state index >= 15 is 0 Å². The number of fused-ring (bicyclic) bond motifs is 1. The summed E-state index contributed by atoms with van der Waals surface area (Å²) in [6, 6.07) is 17.4. The van der Waals surface area contributed by atoms with Crippen LogP contribution in [0.5, 0.6) is 5.75 Å². The number of ether oxygens (including phenoxy) is 1. The maximum atomic E-state index is 13.4. The predicted molar refractivity (Wildman–Crippen MR) is 113 cm³/mol. The van der Waals surface area contributed by atoms with E-state index in [1.54, 1.807) is 48.5 Å². The third-order valence-corrected chi connectivity index (χ3v) is 4.80. The number of halogens is 2. The van der Waals surface area contributed by atoms with Crippen molar-refractivity contribution in [1.82, 2.24) is 9.78 Å². The fourth-order valence-corrected chi connectivity index (χ4v) is 3.27. The molecule has 0 saturated carbocycles. The van der Waals surface area contributed by atoms with Crippen LogP contribution in [0.2, 0.25) is 5.02 Å². The van der Waals surface area contributed by atoms with Gasteiger partial charge in [0.25, 0.3) is 11.5 Å². The average molecular weight is 424 g/mol. The molecule has 0 atom stereocenters. The van der Waals surface area contributed by atoms with E-state index in [1.807, 2.05) is 0 Å². The molecule has 0 aliphatic rings. The number of nitrogens with zero attached hydrogens (tertiary/aromatic N) is 2. The Kier molecular flexibility index (Phi) is 5.20. The predicted octanol–water partition coefficient (Wildman–Crippen LogP) is 4.44. The number of anilines is 1. The zero-order valence-corrected chi connectivity index (χ0v) is 16.5. The lowest BCUT2D eigenvalue weighted by molar-refractivity contribution is 0.102. The molecule has 0 bridgehead atoms. The Morgan fingerprint density at radius 1 is 1.07 bits per heavy atom. The van der Waals surface area contributed by atoms with Crippen LogP contribution in [-0.2, 0) is 0 Å². The minimum Gasteiger partial charge on any atom is -0.494 e. The fraction of sp³-hybridized carbons (Fsp3) is 0.0455. The number of rotatable bonds is 4. The summed E-state index contributed by atoms with van der Waals surface area (Å²) in [4.78, 5) is 26.1. The van der Waals surface area contributed by atoms with E-state index in [2.05, 4.69) is 10.4 Å². The van der Waals surface area contributed by atoms with Gasteiger partial charge in [0.1, 0.15) is 17.3 Å². The topological polar surface area (TPSA) is 73.2 Å². The molecule has 0 spiro atoms. The summed E-state index contributed by atoms with van der Waals surface area (Å²) < 4.78 is 19.9. The first-order chi connectivity index (χ1) is 14.5. The van der Waals surface area contributed by atoms with Crippen molar-refractivity contribution in [2.45, 2.75) is 0 Å². The van der Waals surface area contributed by atoms with Crippen molar-refractivity contribution in [1.29, 1.82) is 0 Å². The van der Waals surface area contributed by atoms with Crippen LogP contribution in [0.1, 0.15) is 10.5 Å². The molecular weight excluding hydrogens is 409 g/mol. The molecule has 3 aromatic carbocycles. The van der Waals surface area contributed by atoms with E-state index in [0.717, 1.165) is 10.7 Å². The van der Waals surface area contributed by atoms with Crippen LogP contribution in [0.3, 0.4) is 0 Å². The second-order valence-corrected chi connectivity index (χ2v) is 6.77. The summed E-state index contributed by atoms with van der Waals surface area (Å²) in [5, 5.41) is 7.55. The Balaban J connectivity index is 1.89. The standard InChI is InChI=1S/C22H15ClFN3O3/c1-30-19-9-5-4-8-18(19)27-22(29)15-7-3-2-6-14(15)20(26-27)21(28)25-13-10-11-17(24)16(23)12-13/h2-12H,1H3,(H,25,28). The second kappa shape index (κ2) is 7.96. The van der Waals surface area contributed by atoms with Gasteiger partial charge in [0.05, 0.1) is 17.5 Å². The molecule has 4 aromatic rings. The Labute approximate surface area is 175 Å². The van der Waals surface area contributed by atoms with Crippen molar-refractivity contribution in [3.8, 4) is 11.4 Å². The fourth-order valence-electron chi connectivity index (χ4n) is 3.09. The number of benzene rings is 3. The molecule has 30 heavy (non-hydrogen) atoms. The van der Waals surface area contributed by atoms with Gasteiger partial charge in [0, 0.05) is 11.1 Å². The average Bonchev–Trinajstić information content (AvgIpc) is 2.76. The highest BCUT2D eigenvalue weighted by Crippen LogP contribution is 2.23. The Morgan fingerprint density at radius 3 is 2.50 bits per heavy atom. The number of nitrogens with one attached hydrogen (secondary N) is 1. The molecule has 6 nitrogen and oxygen atoms in total. The van der Waals surface area contributed by atoms with Crippen LogP contribution < -0.4 is 15.6 Å². The monoisotopic (exact) mass is 423 g/mol. The highest BCUT2D eigenvalue weighted by Gasteiger charge is 2.19. The lowest BCUT2D eigenvalue weighted by atomic mass is 10.1. The van der Waals surface area contributed by atoms with Crippen LogP contribution in [0.25, 0.3) is 16.5 Å². The first kappa shape index (κ1) is 19.6. The lowest BCUT2D eigenvalue weighted by Crippen LogP contribution is -2.26. The Bertz CT molecular complexity index is 1340. The largest absolute Gasteiger partial charge is 0.494 e. The van der Waals surface area contributed by atoms with E-state index in [4.69, 9.17) is 16.3 Å². The molecule has 1 amide bonds. The van der Waals surface area contributed by atoms with Gasteiger partial charge in [-0.1, -0.05) is 41.9 Å². The lowest BCUT2D eigenvalue weighted by Gasteiger charge is -2.13. The van der Waals surface area contributed by atoms with Gasteiger partial charge in [-0.3, -0.25) is 9.59 Å². The number of para-hydroxylation sites is 2. The van der Waals surface area contributed by atoms with Crippen molar-refractivity contribution in [2.24, 2.45) is 0 Å². The molecule has 150 valence electrons. The van der Waals surface area contributed by atoms with Crippen LogP contribution in [0.4, 0.5) is 10.1 Å². The van der Waals surface area contributed by atoms with Gasteiger partial charge in [-0.2, -0.15) is 9.78 Å². The van der Waals surface area contributed by atoms with Gasteiger partial charge in [0.2, 0.25) is 0 Å². The Morgan fingerprint density at radius 2 is 1.77 bits per heavy atom. The zero-order valence-electron chi connectivity index (χ0n) is 15.7. The normalized spacial score (nSPS) is 10.8. The molecule has 0 aliphatic carbocycles. The highest BCUT2D eigenvalue weighted by atomic mass is 35.5. The molecule has 0 aliphatic heterocycles. The number of carbonyl (C=O) groups excluding carboxylic acids is 1. The van der Waals surface area contributed by atoms with Gasteiger partial charge in [-0.25, -0.2) is 4.39 Å². The second-order valence-electron chi connectivity index (χ2n) is 6.37. The molecule has 1 aromatic heterocycles. The molecule has 8 heteroatoms. The van der Waals surface area contributed by atoms with Crippen molar-refractivity contribution in [3.63, 3.8) is 0 Å². The highest BCUT2D eigenvalue weighted by molar-refractivity contribution is 6.31. The van der Waals surface area contributed by atoms with Gasteiger partial charge >= 0.3 is 0 Å². The molecule has 1 heterocycles. The van der Waals surface area contributed by atoms with Crippen LogP contribution in [0.15, 0.2) is 71.5 Å². The first-order valence-corrected chi connectivity index (χ1v) is 9.29. The van der Waals surface area contributed by atoms with E-state index in [0.29, 0.717) is 27.9 Å². The smallest absolute Gasteiger partial charge is 0.279 e. The van der Waals surface area contributed by atoms with Gasteiger partial charge in [0.15, 0.2) is 5.69 Å². The number of hydrogen-bond acceptors (Lipinski definition) is 4. The maximum absolute atomic E-state index is 13.4. The SMILES string of the molecule is COc1ccccc1-n1nc(C(=O)Nc2ccc(F)c(Cl)c2)c2ccccc2c1=O. The number of aromatic nitrogens is 2. The number of amides is 1. The number of hydrogen-bond donors (Lipinski definition) is 1. The summed E-state index contributed by atoms with van der Waals surface area (Å²) in [6.07, 6.45) is 0. The number of carbonyl (C=O) groups is 1. The summed E-state index contributed by atoms with van der Waals surface area (Å²) in [6.45, 7) is 0. The van der Waals surface area contributed by atoms with Crippen molar-refractivity contribution < 1.29 is 13.9 Å². The third-order valence-electron chi connectivity index (χ3n) is 4.51.